The first-order valence-corrected chi connectivity index (χ1v) is 7.28. The Morgan fingerprint density at radius 1 is 1.30 bits per heavy atom. The molecule has 1 aliphatic rings. The lowest BCUT2D eigenvalue weighted by Crippen LogP contribution is -2.53. The van der Waals surface area contributed by atoms with Gasteiger partial charge in [-0.05, 0) is 12.5 Å². The largest absolute Gasteiger partial charge is 0.382 e. The summed E-state index contributed by atoms with van der Waals surface area (Å²) >= 11 is 0. The van der Waals surface area contributed by atoms with E-state index in [-0.39, 0.29) is 6.10 Å². The Hall–Kier alpha value is -0.940. The molecule has 1 aliphatic heterocycles. The molecule has 1 heterocycles. The highest BCUT2D eigenvalue weighted by molar-refractivity contribution is 5.20. The van der Waals surface area contributed by atoms with Crippen molar-refractivity contribution in [1.82, 2.24) is 10.2 Å². The highest BCUT2D eigenvalue weighted by atomic mass is 16.5. The zero-order chi connectivity index (χ0) is 14.4. The van der Waals surface area contributed by atoms with E-state index >= 15 is 0 Å². The number of benzene rings is 1. The average Bonchev–Trinajstić information content (AvgIpc) is 2.49. The molecule has 3 unspecified atom stereocenters. The average molecular weight is 278 g/mol. The van der Waals surface area contributed by atoms with Crippen molar-refractivity contribution >= 4 is 0 Å². The number of hydrogen-bond donors (Lipinski definition) is 1. The van der Waals surface area contributed by atoms with Gasteiger partial charge in [0.2, 0.25) is 0 Å². The van der Waals surface area contributed by atoms with Gasteiger partial charge in [-0.25, -0.2) is 0 Å². The summed E-state index contributed by atoms with van der Waals surface area (Å²) in [7, 11) is 3.48. The summed E-state index contributed by atoms with van der Waals surface area (Å²) in [5.74, 6) is 0. The van der Waals surface area contributed by atoms with Gasteiger partial charge >= 0.3 is 0 Å². The van der Waals surface area contributed by atoms with E-state index in [1.807, 2.05) is 0 Å². The molecule has 0 amide bonds. The lowest BCUT2D eigenvalue weighted by Gasteiger charge is -2.40. The number of piperazine rings is 1. The highest BCUT2D eigenvalue weighted by Gasteiger charge is 2.27. The molecule has 4 nitrogen and oxygen atoms in total. The van der Waals surface area contributed by atoms with Crippen LogP contribution in [0.2, 0.25) is 0 Å². The molecular weight excluding hydrogens is 252 g/mol. The zero-order valence-corrected chi connectivity index (χ0v) is 12.7. The van der Waals surface area contributed by atoms with Crippen LogP contribution in [0.3, 0.4) is 0 Å². The fraction of sp³-hybridized carbons (Fsp3) is 0.625. The SMILES string of the molecule is COCC(CN1CC(c2ccccc2)NCC1C)OC. The fourth-order valence-electron chi connectivity index (χ4n) is 2.73. The number of rotatable bonds is 6. The normalized spacial score (nSPS) is 25.6. The van der Waals surface area contributed by atoms with Crippen LogP contribution >= 0.6 is 0 Å². The monoisotopic (exact) mass is 278 g/mol. The lowest BCUT2D eigenvalue weighted by atomic mass is 10.0. The van der Waals surface area contributed by atoms with E-state index in [0.717, 1.165) is 19.6 Å². The van der Waals surface area contributed by atoms with E-state index in [1.54, 1.807) is 14.2 Å². The van der Waals surface area contributed by atoms with Crippen molar-refractivity contribution in [3.63, 3.8) is 0 Å². The first kappa shape index (κ1) is 15.4. The van der Waals surface area contributed by atoms with E-state index in [2.05, 4.69) is 47.5 Å². The van der Waals surface area contributed by atoms with Gasteiger partial charge in [-0.2, -0.15) is 0 Å². The van der Waals surface area contributed by atoms with Gasteiger partial charge in [0.15, 0.2) is 0 Å². The summed E-state index contributed by atoms with van der Waals surface area (Å²) in [5, 5.41) is 3.62. The van der Waals surface area contributed by atoms with Crippen molar-refractivity contribution in [1.29, 1.82) is 0 Å². The first-order valence-electron chi connectivity index (χ1n) is 7.28. The minimum absolute atomic E-state index is 0.136. The molecule has 0 aromatic heterocycles. The third-order valence-electron chi connectivity index (χ3n) is 4.03. The molecule has 0 aliphatic carbocycles. The summed E-state index contributed by atoms with van der Waals surface area (Å²) in [6.07, 6.45) is 0.136. The zero-order valence-electron chi connectivity index (χ0n) is 12.7. The second-order valence-electron chi connectivity index (χ2n) is 5.49. The Balaban J connectivity index is 1.97. The smallest absolute Gasteiger partial charge is 0.0931 e. The van der Waals surface area contributed by atoms with Crippen molar-refractivity contribution in [2.24, 2.45) is 0 Å². The Morgan fingerprint density at radius 3 is 2.70 bits per heavy atom. The molecule has 1 fully saturated rings. The predicted molar refractivity (Wildman–Crippen MR) is 80.9 cm³/mol. The van der Waals surface area contributed by atoms with Crippen LogP contribution < -0.4 is 5.32 Å². The Morgan fingerprint density at radius 2 is 2.05 bits per heavy atom. The van der Waals surface area contributed by atoms with Gasteiger partial charge in [-0.15, -0.1) is 0 Å². The molecule has 1 aromatic carbocycles. The van der Waals surface area contributed by atoms with Gasteiger partial charge in [0.05, 0.1) is 12.7 Å². The second-order valence-corrected chi connectivity index (χ2v) is 5.49. The molecule has 112 valence electrons. The van der Waals surface area contributed by atoms with Gasteiger partial charge in [0, 0.05) is 45.9 Å². The minimum atomic E-state index is 0.136. The third-order valence-corrected chi connectivity index (χ3v) is 4.03. The molecule has 1 saturated heterocycles. The van der Waals surface area contributed by atoms with Crippen LogP contribution in [-0.2, 0) is 9.47 Å². The van der Waals surface area contributed by atoms with Crippen LogP contribution in [0.1, 0.15) is 18.5 Å². The Kier molecular flexibility index (Phi) is 5.98. The summed E-state index contributed by atoms with van der Waals surface area (Å²) in [4.78, 5) is 2.49. The molecule has 3 atom stereocenters. The summed E-state index contributed by atoms with van der Waals surface area (Å²) in [6.45, 7) is 5.82. The predicted octanol–water partition coefficient (Wildman–Crippen LogP) is 1.68. The van der Waals surface area contributed by atoms with Crippen molar-refractivity contribution in [3.8, 4) is 0 Å². The molecule has 0 saturated carbocycles. The first-order chi connectivity index (χ1) is 9.74. The van der Waals surface area contributed by atoms with Gasteiger partial charge < -0.3 is 14.8 Å². The van der Waals surface area contributed by atoms with Crippen LogP contribution in [-0.4, -0.2) is 57.5 Å². The Bertz CT molecular complexity index is 385. The maximum atomic E-state index is 5.50. The van der Waals surface area contributed by atoms with Gasteiger partial charge in [0.1, 0.15) is 0 Å². The number of hydrogen-bond acceptors (Lipinski definition) is 4. The van der Waals surface area contributed by atoms with Crippen LogP contribution in [0.5, 0.6) is 0 Å². The summed E-state index contributed by atoms with van der Waals surface area (Å²) < 4.78 is 10.7. The molecule has 1 aromatic rings. The topological polar surface area (TPSA) is 33.7 Å². The van der Waals surface area contributed by atoms with Gasteiger partial charge in [-0.3, -0.25) is 4.90 Å². The highest BCUT2D eigenvalue weighted by Crippen LogP contribution is 2.20. The second kappa shape index (κ2) is 7.74. The van der Waals surface area contributed by atoms with Gasteiger partial charge in [0.25, 0.3) is 0 Å². The molecular formula is C16H26N2O2. The summed E-state index contributed by atoms with van der Waals surface area (Å²) in [5.41, 5.74) is 1.35. The van der Waals surface area contributed by atoms with E-state index in [4.69, 9.17) is 9.47 Å². The van der Waals surface area contributed by atoms with Crippen molar-refractivity contribution in [2.45, 2.75) is 25.1 Å². The molecule has 4 heteroatoms. The Labute approximate surface area is 122 Å². The van der Waals surface area contributed by atoms with Crippen molar-refractivity contribution in [2.75, 3.05) is 40.5 Å². The van der Waals surface area contributed by atoms with Crippen LogP contribution in [0.4, 0.5) is 0 Å². The number of methoxy groups -OCH3 is 2. The molecule has 0 radical (unpaired) electrons. The van der Waals surface area contributed by atoms with E-state index in [0.29, 0.717) is 18.7 Å². The molecule has 1 N–H and O–H groups in total. The summed E-state index contributed by atoms with van der Waals surface area (Å²) in [6, 6.07) is 11.6. The van der Waals surface area contributed by atoms with E-state index < -0.39 is 0 Å². The third kappa shape index (κ3) is 4.03. The maximum absolute atomic E-state index is 5.50. The molecule has 0 spiro atoms. The lowest BCUT2D eigenvalue weighted by molar-refractivity contribution is -0.00881. The minimum Gasteiger partial charge on any atom is -0.382 e. The van der Waals surface area contributed by atoms with Gasteiger partial charge in [-0.1, -0.05) is 30.3 Å². The molecule has 2 rings (SSSR count). The fourth-order valence-corrected chi connectivity index (χ4v) is 2.73. The van der Waals surface area contributed by atoms with Crippen molar-refractivity contribution in [3.05, 3.63) is 35.9 Å². The molecule has 0 bridgehead atoms. The quantitative estimate of drug-likeness (QED) is 0.858. The number of nitrogens with one attached hydrogen (secondary N) is 1. The standard InChI is InChI=1S/C16H26N2O2/c1-13-9-17-16(14-7-5-4-6-8-14)11-18(13)10-15(20-3)12-19-2/h4-8,13,15-17H,9-12H2,1-3H3. The van der Waals surface area contributed by atoms with E-state index in [9.17, 15) is 0 Å². The maximum Gasteiger partial charge on any atom is 0.0931 e. The van der Waals surface area contributed by atoms with Crippen LogP contribution in [0.15, 0.2) is 30.3 Å². The number of nitrogens with zero attached hydrogens (tertiary/aromatic N) is 1. The van der Waals surface area contributed by atoms with Crippen molar-refractivity contribution < 1.29 is 9.47 Å². The van der Waals surface area contributed by atoms with Crippen LogP contribution in [0.25, 0.3) is 0 Å². The molecule has 20 heavy (non-hydrogen) atoms. The number of ether oxygens (including phenoxy) is 2. The van der Waals surface area contributed by atoms with Crippen LogP contribution in [0, 0.1) is 0 Å². The van der Waals surface area contributed by atoms with E-state index in [1.165, 1.54) is 5.56 Å².